The first-order valence-corrected chi connectivity index (χ1v) is 8.18. The average Bonchev–Trinajstić information content (AvgIpc) is 2.67. The van der Waals surface area contributed by atoms with E-state index in [4.69, 9.17) is 0 Å². The Labute approximate surface area is 161 Å². The van der Waals surface area contributed by atoms with Gasteiger partial charge >= 0.3 is 12.2 Å². The van der Waals surface area contributed by atoms with E-state index < -0.39 is 41.6 Å². The second-order valence-electron chi connectivity index (χ2n) is 6.33. The lowest BCUT2D eigenvalue weighted by atomic mass is 9.77. The lowest BCUT2D eigenvalue weighted by molar-refractivity contribution is -0.287. The van der Waals surface area contributed by atoms with E-state index in [0.29, 0.717) is 0 Å². The molecule has 152 valence electrons. The predicted molar refractivity (Wildman–Crippen MR) is 88.2 cm³/mol. The highest BCUT2D eigenvalue weighted by atomic mass is 19.4. The average molecular weight is 408 g/mol. The predicted octanol–water partition coefficient (Wildman–Crippen LogP) is 0.549. The molecule has 2 aromatic rings. The van der Waals surface area contributed by atoms with Crippen LogP contribution in [-0.4, -0.2) is 39.8 Å². The summed E-state index contributed by atoms with van der Waals surface area (Å²) in [5.41, 5.74) is -4.36. The van der Waals surface area contributed by atoms with Gasteiger partial charge in [0, 0.05) is 18.0 Å². The molecule has 3 rings (SSSR count). The molecule has 1 saturated heterocycles. The number of halogens is 3. The van der Waals surface area contributed by atoms with Gasteiger partial charge in [0.25, 0.3) is 0 Å². The van der Waals surface area contributed by atoms with Crippen LogP contribution in [0.1, 0.15) is 32.3 Å². The Kier molecular flexibility index (Phi) is 5.01. The topological polar surface area (TPSA) is 131 Å². The summed E-state index contributed by atoms with van der Waals surface area (Å²) in [6.07, 6.45) is -3.05. The molecule has 1 aromatic heterocycles. The molecule has 2 heterocycles. The largest absolute Gasteiger partial charge is 0.545 e. The van der Waals surface area contributed by atoms with Gasteiger partial charge in [0.1, 0.15) is 5.92 Å². The van der Waals surface area contributed by atoms with Gasteiger partial charge in [0.05, 0.1) is 12.0 Å². The van der Waals surface area contributed by atoms with Gasteiger partial charge in [0.15, 0.2) is 5.78 Å². The number of carbonyl (C=O) groups is 3. The molecular formula is C18H13F3N3O5-. The molecule has 3 atom stereocenters. The van der Waals surface area contributed by atoms with Crippen LogP contribution >= 0.6 is 0 Å². The molecule has 1 fully saturated rings. The Morgan fingerprint density at radius 1 is 1.14 bits per heavy atom. The Morgan fingerprint density at radius 2 is 1.79 bits per heavy atom. The van der Waals surface area contributed by atoms with Crippen molar-refractivity contribution in [3.05, 3.63) is 65.5 Å². The minimum Gasteiger partial charge on any atom is -0.545 e. The lowest BCUT2D eigenvalue weighted by Gasteiger charge is -2.45. The summed E-state index contributed by atoms with van der Waals surface area (Å²) < 4.78 is 41.2. The number of aliphatic hydroxyl groups is 1. The van der Waals surface area contributed by atoms with Crippen LogP contribution < -0.4 is 15.7 Å². The zero-order valence-corrected chi connectivity index (χ0v) is 14.4. The van der Waals surface area contributed by atoms with Gasteiger partial charge in [0.2, 0.25) is 5.72 Å². The van der Waals surface area contributed by atoms with Crippen LogP contribution in [0.25, 0.3) is 0 Å². The third-order valence-corrected chi connectivity index (χ3v) is 4.54. The molecule has 2 amide bonds. The van der Waals surface area contributed by atoms with Crippen LogP contribution in [0.5, 0.6) is 0 Å². The fraction of sp³-hybridized carbons (Fsp3) is 0.222. The summed E-state index contributed by atoms with van der Waals surface area (Å²) in [6.45, 7) is 0. The highest BCUT2D eigenvalue weighted by molar-refractivity contribution is 6.00. The van der Waals surface area contributed by atoms with Crippen molar-refractivity contribution in [3.8, 4) is 0 Å². The number of aromatic nitrogens is 1. The highest BCUT2D eigenvalue weighted by Gasteiger charge is 2.66. The first kappa shape index (κ1) is 20.3. The SMILES string of the molecule is O=C1N[C@H](c2ccc(C(=O)[O-])cc2)[C@H](C(=O)c2cccnc2)[C@](O)(C(F)(F)F)N1. The van der Waals surface area contributed by atoms with Gasteiger partial charge < -0.3 is 25.6 Å². The van der Waals surface area contributed by atoms with Gasteiger partial charge in [-0.1, -0.05) is 24.3 Å². The van der Waals surface area contributed by atoms with Gasteiger partial charge in [-0.15, -0.1) is 0 Å². The molecule has 1 aliphatic rings. The van der Waals surface area contributed by atoms with Crippen LogP contribution in [0, 0.1) is 5.92 Å². The third-order valence-electron chi connectivity index (χ3n) is 4.54. The lowest BCUT2D eigenvalue weighted by Crippen LogP contribution is -2.72. The van der Waals surface area contributed by atoms with Gasteiger partial charge in [-0.2, -0.15) is 13.2 Å². The fourth-order valence-corrected chi connectivity index (χ4v) is 3.13. The number of carboxylic acids is 1. The van der Waals surface area contributed by atoms with Crippen molar-refractivity contribution in [1.82, 2.24) is 15.6 Å². The Hall–Kier alpha value is -3.47. The molecule has 8 nitrogen and oxygen atoms in total. The maximum Gasteiger partial charge on any atom is 0.437 e. The first-order chi connectivity index (χ1) is 13.5. The number of nitrogens with one attached hydrogen (secondary N) is 2. The monoisotopic (exact) mass is 408 g/mol. The maximum absolute atomic E-state index is 13.7. The summed E-state index contributed by atoms with van der Waals surface area (Å²) in [7, 11) is 0. The molecule has 3 N–H and O–H groups in total. The minimum absolute atomic E-state index is 0.0187. The molecule has 0 spiro atoms. The summed E-state index contributed by atoms with van der Waals surface area (Å²) in [6, 6.07) is 3.95. The zero-order chi connectivity index (χ0) is 21.4. The van der Waals surface area contributed by atoms with Crippen molar-refractivity contribution in [2.75, 3.05) is 0 Å². The van der Waals surface area contributed by atoms with E-state index in [1.807, 2.05) is 0 Å². The van der Waals surface area contributed by atoms with Crippen LogP contribution in [0.3, 0.4) is 0 Å². The minimum atomic E-state index is -5.39. The van der Waals surface area contributed by atoms with Crippen LogP contribution in [0.2, 0.25) is 0 Å². The highest BCUT2D eigenvalue weighted by Crippen LogP contribution is 2.43. The van der Waals surface area contributed by atoms with Crippen LogP contribution in [0.4, 0.5) is 18.0 Å². The van der Waals surface area contributed by atoms with Crippen molar-refractivity contribution >= 4 is 17.8 Å². The number of nitrogens with zero attached hydrogens (tertiary/aromatic N) is 1. The molecule has 11 heteroatoms. The number of hydrogen-bond acceptors (Lipinski definition) is 6. The van der Waals surface area contributed by atoms with Crippen LogP contribution in [-0.2, 0) is 0 Å². The van der Waals surface area contributed by atoms with Crippen molar-refractivity contribution in [3.63, 3.8) is 0 Å². The van der Waals surface area contributed by atoms with E-state index in [-0.39, 0.29) is 16.7 Å². The number of benzene rings is 1. The second kappa shape index (κ2) is 7.17. The molecule has 0 aliphatic carbocycles. The van der Waals surface area contributed by atoms with Crippen molar-refractivity contribution < 1.29 is 37.8 Å². The van der Waals surface area contributed by atoms with Crippen LogP contribution in [0.15, 0.2) is 48.8 Å². The maximum atomic E-state index is 13.7. The molecule has 0 radical (unpaired) electrons. The Balaban J connectivity index is 2.14. The number of Topliss-reactive ketones (excluding diaryl/α,β-unsaturated/α-hetero) is 1. The Bertz CT molecular complexity index is 949. The Morgan fingerprint density at radius 3 is 2.31 bits per heavy atom. The number of carbonyl (C=O) groups excluding carboxylic acids is 3. The quantitative estimate of drug-likeness (QED) is 0.633. The number of pyridine rings is 1. The number of alkyl halides is 3. The number of urea groups is 1. The zero-order valence-electron chi connectivity index (χ0n) is 14.4. The molecule has 29 heavy (non-hydrogen) atoms. The number of hydrogen-bond donors (Lipinski definition) is 3. The molecule has 0 bridgehead atoms. The summed E-state index contributed by atoms with van der Waals surface area (Å²) >= 11 is 0. The van der Waals surface area contributed by atoms with Crippen molar-refractivity contribution in [2.24, 2.45) is 5.92 Å². The van der Waals surface area contributed by atoms with E-state index in [1.165, 1.54) is 23.6 Å². The second-order valence-corrected chi connectivity index (χ2v) is 6.33. The standard InChI is InChI=1S/C18H14F3N3O5/c19-18(20,21)17(29)12(14(25)11-2-1-7-22-8-11)13(23-16(28)24-17)9-3-5-10(6-4-9)15(26)27/h1-8,12-13,29H,(H,26,27)(H2,23,24,28)/p-1/t12-,13-,17+/m1/s1. The van der Waals surface area contributed by atoms with E-state index >= 15 is 0 Å². The molecule has 0 saturated carbocycles. The van der Waals surface area contributed by atoms with E-state index in [1.54, 1.807) is 0 Å². The molecular weight excluding hydrogens is 395 g/mol. The fourth-order valence-electron chi connectivity index (χ4n) is 3.13. The number of aromatic carboxylic acids is 1. The van der Waals surface area contributed by atoms with Gasteiger partial charge in [-0.3, -0.25) is 9.78 Å². The first-order valence-electron chi connectivity index (χ1n) is 8.18. The van der Waals surface area contributed by atoms with Crippen molar-refractivity contribution in [1.29, 1.82) is 0 Å². The molecule has 1 aliphatic heterocycles. The number of amides is 2. The third kappa shape index (κ3) is 3.63. The molecule has 0 unspecified atom stereocenters. The number of carboxylic acid groups (broad SMARTS) is 1. The van der Waals surface area contributed by atoms with E-state index in [9.17, 15) is 37.8 Å². The molecule has 1 aromatic carbocycles. The van der Waals surface area contributed by atoms with E-state index in [0.717, 1.165) is 30.5 Å². The summed E-state index contributed by atoms with van der Waals surface area (Å²) in [5, 5.41) is 24.9. The number of ketones is 1. The normalized spacial score (nSPS) is 24.3. The van der Waals surface area contributed by atoms with Gasteiger partial charge in [-0.25, -0.2) is 4.79 Å². The summed E-state index contributed by atoms with van der Waals surface area (Å²) in [5.74, 6) is -4.86. The smallest absolute Gasteiger partial charge is 0.437 e. The van der Waals surface area contributed by atoms with Crippen molar-refractivity contribution in [2.45, 2.75) is 17.9 Å². The number of rotatable bonds is 4. The summed E-state index contributed by atoms with van der Waals surface area (Å²) in [4.78, 5) is 39.4. The van der Waals surface area contributed by atoms with Gasteiger partial charge in [-0.05, 0) is 23.3 Å². The van der Waals surface area contributed by atoms with E-state index in [2.05, 4.69) is 10.3 Å².